The number of hydrogen-bond donors (Lipinski definition) is 2. The molecule has 1 aromatic carbocycles. The molecule has 86 valence electrons. The highest BCUT2D eigenvalue weighted by Gasteiger charge is 2.19. The summed E-state index contributed by atoms with van der Waals surface area (Å²) in [5, 5.41) is 19.4. The van der Waals surface area contributed by atoms with Gasteiger partial charge in [0.15, 0.2) is 0 Å². The maximum absolute atomic E-state index is 9.28. The number of furan rings is 1. The monoisotopic (exact) mass is 228 g/mol. The van der Waals surface area contributed by atoms with Gasteiger partial charge in [0.25, 0.3) is 0 Å². The zero-order valence-electron chi connectivity index (χ0n) is 9.55. The maximum atomic E-state index is 9.28. The molecular formula is C13H13BO3. The van der Waals surface area contributed by atoms with Crippen molar-refractivity contribution in [2.24, 2.45) is 0 Å². The van der Waals surface area contributed by atoms with Crippen molar-refractivity contribution in [2.75, 3.05) is 0 Å². The second-order valence-corrected chi connectivity index (χ2v) is 3.68. The number of hydrogen-bond acceptors (Lipinski definition) is 3. The fourth-order valence-electron chi connectivity index (χ4n) is 1.87. The van der Waals surface area contributed by atoms with Crippen molar-refractivity contribution in [1.82, 2.24) is 0 Å². The van der Waals surface area contributed by atoms with Crippen LogP contribution in [0.15, 0.2) is 35.3 Å². The van der Waals surface area contributed by atoms with Crippen LogP contribution < -0.4 is 5.46 Å². The van der Waals surface area contributed by atoms with Gasteiger partial charge >= 0.3 is 7.12 Å². The summed E-state index contributed by atoms with van der Waals surface area (Å²) in [4.78, 5) is 0. The summed E-state index contributed by atoms with van der Waals surface area (Å²) < 4.78 is 5.64. The van der Waals surface area contributed by atoms with E-state index < -0.39 is 7.12 Å². The first-order valence-corrected chi connectivity index (χ1v) is 5.35. The molecule has 0 saturated carbocycles. The molecule has 0 spiro atoms. The molecule has 0 aliphatic rings. The van der Waals surface area contributed by atoms with E-state index >= 15 is 0 Å². The Morgan fingerprint density at radius 3 is 2.71 bits per heavy atom. The van der Waals surface area contributed by atoms with Crippen molar-refractivity contribution in [3.8, 4) is 0 Å². The molecule has 0 atom stereocenters. The molecule has 0 unspecified atom stereocenters. The van der Waals surface area contributed by atoms with Crippen molar-refractivity contribution in [1.29, 1.82) is 0 Å². The van der Waals surface area contributed by atoms with Crippen molar-refractivity contribution in [2.45, 2.75) is 6.92 Å². The van der Waals surface area contributed by atoms with Gasteiger partial charge in [0.05, 0.1) is 0 Å². The molecule has 1 heterocycles. The zero-order chi connectivity index (χ0) is 12.4. The van der Waals surface area contributed by atoms with Crippen LogP contribution in [0.4, 0.5) is 0 Å². The minimum atomic E-state index is -1.54. The number of allylic oxidation sites excluding steroid dienone is 1. The normalized spacial score (nSPS) is 11.2. The Morgan fingerprint density at radius 1 is 1.35 bits per heavy atom. The molecule has 2 aromatic rings. The Kier molecular flexibility index (Phi) is 3.18. The first-order chi connectivity index (χ1) is 8.19. The third kappa shape index (κ3) is 1.93. The van der Waals surface area contributed by atoms with Gasteiger partial charge in [0.2, 0.25) is 0 Å². The Hall–Kier alpha value is -1.78. The Labute approximate surface area is 99.8 Å². The van der Waals surface area contributed by atoms with Gasteiger partial charge in [-0.2, -0.15) is 0 Å². The number of para-hydroxylation sites is 1. The predicted molar refractivity (Wildman–Crippen MR) is 70.8 cm³/mol. The van der Waals surface area contributed by atoms with Crippen LogP contribution in [0.3, 0.4) is 0 Å². The van der Waals surface area contributed by atoms with Gasteiger partial charge in [-0.05, 0) is 13.0 Å². The summed E-state index contributed by atoms with van der Waals surface area (Å²) in [5.74, 6) is 0.672. The van der Waals surface area contributed by atoms with E-state index in [1.807, 2.05) is 25.1 Å². The van der Waals surface area contributed by atoms with Gasteiger partial charge in [-0.1, -0.05) is 36.9 Å². The van der Waals surface area contributed by atoms with E-state index in [-0.39, 0.29) is 0 Å². The van der Waals surface area contributed by atoms with E-state index in [4.69, 9.17) is 4.42 Å². The van der Waals surface area contributed by atoms with E-state index in [9.17, 15) is 10.0 Å². The van der Waals surface area contributed by atoms with Crippen LogP contribution >= 0.6 is 0 Å². The van der Waals surface area contributed by atoms with Gasteiger partial charge in [-0.25, -0.2) is 0 Å². The first kappa shape index (κ1) is 11.7. The maximum Gasteiger partial charge on any atom is 0.492 e. The lowest BCUT2D eigenvalue weighted by atomic mass is 9.79. The van der Waals surface area contributed by atoms with E-state index in [1.54, 1.807) is 18.2 Å². The summed E-state index contributed by atoms with van der Waals surface area (Å²) in [6.45, 7) is 5.64. The van der Waals surface area contributed by atoms with Crippen molar-refractivity contribution < 1.29 is 14.5 Å². The standard InChI is InChI=1S/C13H13BO3/c1-3-6-12-9(4-2)10-7-5-8-11(14(15)16)13(10)17-12/h3-8,15-16H,2H2,1H3/b6-3-. The van der Waals surface area contributed by atoms with E-state index in [2.05, 4.69) is 6.58 Å². The third-order valence-corrected chi connectivity index (χ3v) is 2.61. The molecule has 4 heteroatoms. The summed E-state index contributed by atoms with van der Waals surface area (Å²) in [7, 11) is -1.54. The highest BCUT2D eigenvalue weighted by molar-refractivity contribution is 6.61. The fraction of sp³-hybridized carbons (Fsp3) is 0.0769. The Balaban J connectivity index is 2.80. The summed E-state index contributed by atoms with van der Waals surface area (Å²) >= 11 is 0. The quantitative estimate of drug-likeness (QED) is 0.787. The lowest BCUT2D eigenvalue weighted by Crippen LogP contribution is -2.29. The Bertz CT molecular complexity index is 582. The molecule has 0 aliphatic carbocycles. The first-order valence-electron chi connectivity index (χ1n) is 5.35. The molecule has 0 fully saturated rings. The second-order valence-electron chi connectivity index (χ2n) is 3.68. The molecule has 2 rings (SSSR count). The SMILES string of the molecule is C=Cc1c(/C=C\C)oc2c(B(O)O)cccc12. The molecule has 0 radical (unpaired) electrons. The van der Waals surface area contributed by atoms with E-state index in [0.717, 1.165) is 10.9 Å². The van der Waals surface area contributed by atoms with Gasteiger partial charge in [-0.15, -0.1) is 0 Å². The predicted octanol–water partition coefficient (Wildman–Crippen LogP) is 1.79. The molecule has 2 N–H and O–H groups in total. The topological polar surface area (TPSA) is 53.6 Å². The smallest absolute Gasteiger partial charge is 0.456 e. The second kappa shape index (κ2) is 4.61. The largest absolute Gasteiger partial charge is 0.492 e. The van der Waals surface area contributed by atoms with Gasteiger partial charge < -0.3 is 14.5 Å². The minimum Gasteiger partial charge on any atom is -0.456 e. The lowest BCUT2D eigenvalue weighted by molar-refractivity contribution is 0.425. The average molecular weight is 228 g/mol. The van der Waals surface area contributed by atoms with Crippen LogP contribution in [0.1, 0.15) is 18.2 Å². The fourth-order valence-corrected chi connectivity index (χ4v) is 1.87. The van der Waals surface area contributed by atoms with Crippen LogP contribution in [-0.4, -0.2) is 17.2 Å². The summed E-state index contributed by atoms with van der Waals surface area (Å²) in [6, 6.07) is 5.26. The van der Waals surface area contributed by atoms with Crippen molar-refractivity contribution >= 4 is 35.7 Å². The van der Waals surface area contributed by atoms with E-state index in [0.29, 0.717) is 16.8 Å². The third-order valence-electron chi connectivity index (χ3n) is 2.61. The molecule has 0 amide bonds. The van der Waals surface area contributed by atoms with Crippen LogP contribution in [0.25, 0.3) is 23.1 Å². The van der Waals surface area contributed by atoms with Gasteiger partial charge in [0, 0.05) is 16.4 Å². The van der Waals surface area contributed by atoms with Crippen molar-refractivity contribution in [3.05, 3.63) is 42.2 Å². The average Bonchev–Trinajstić information content (AvgIpc) is 2.66. The molecule has 17 heavy (non-hydrogen) atoms. The molecule has 0 saturated heterocycles. The minimum absolute atomic E-state index is 0.362. The van der Waals surface area contributed by atoms with Crippen LogP contribution in [0.5, 0.6) is 0 Å². The lowest BCUT2D eigenvalue weighted by Gasteiger charge is -1.99. The molecule has 0 aliphatic heterocycles. The summed E-state index contributed by atoms with van der Waals surface area (Å²) in [5.41, 5.74) is 1.72. The zero-order valence-corrected chi connectivity index (χ0v) is 9.55. The van der Waals surface area contributed by atoms with Crippen LogP contribution in [-0.2, 0) is 0 Å². The van der Waals surface area contributed by atoms with E-state index in [1.165, 1.54) is 0 Å². The van der Waals surface area contributed by atoms with Gasteiger partial charge in [-0.3, -0.25) is 0 Å². The molecule has 1 aromatic heterocycles. The highest BCUT2D eigenvalue weighted by Crippen LogP contribution is 2.26. The molecular weight excluding hydrogens is 215 g/mol. The number of rotatable bonds is 3. The van der Waals surface area contributed by atoms with Crippen LogP contribution in [0, 0.1) is 0 Å². The van der Waals surface area contributed by atoms with Gasteiger partial charge in [0.1, 0.15) is 11.3 Å². The highest BCUT2D eigenvalue weighted by atomic mass is 16.4. The summed E-state index contributed by atoms with van der Waals surface area (Å²) in [6.07, 6.45) is 5.39. The number of fused-ring (bicyclic) bond motifs is 1. The number of benzene rings is 1. The molecule has 3 nitrogen and oxygen atoms in total. The molecule has 0 bridgehead atoms. The van der Waals surface area contributed by atoms with Crippen LogP contribution in [0.2, 0.25) is 0 Å². The Morgan fingerprint density at radius 2 is 2.12 bits per heavy atom. The van der Waals surface area contributed by atoms with Crippen molar-refractivity contribution in [3.63, 3.8) is 0 Å².